The van der Waals surface area contributed by atoms with E-state index in [0.717, 1.165) is 16.1 Å². The molecule has 2 N–H and O–H groups in total. The van der Waals surface area contributed by atoms with E-state index in [-0.39, 0.29) is 30.6 Å². The Bertz CT molecular complexity index is 1310. The van der Waals surface area contributed by atoms with Crippen LogP contribution in [0.3, 0.4) is 0 Å². The molecule has 1 aliphatic rings. The van der Waals surface area contributed by atoms with Gasteiger partial charge in [0.05, 0.1) is 18.8 Å². The van der Waals surface area contributed by atoms with E-state index in [4.69, 9.17) is 10.8 Å². The van der Waals surface area contributed by atoms with Crippen molar-refractivity contribution in [2.75, 3.05) is 19.3 Å². The number of Topliss-reactive ketones (excluding diaryl/α,β-unsaturated/α-hetero) is 1. The summed E-state index contributed by atoms with van der Waals surface area (Å²) in [5.74, 6) is 1.81. The monoisotopic (exact) mass is 630 g/mol. The lowest BCUT2D eigenvalue weighted by atomic mass is 10.0. The van der Waals surface area contributed by atoms with Crippen molar-refractivity contribution >= 4 is 39.9 Å². The van der Waals surface area contributed by atoms with Crippen molar-refractivity contribution in [3.63, 3.8) is 0 Å². The van der Waals surface area contributed by atoms with Gasteiger partial charge in [-0.25, -0.2) is 8.42 Å². The highest BCUT2D eigenvalue weighted by molar-refractivity contribution is 7.88. The fraction of sp³-hybridized carbons (Fsp3) is 0.515. The quantitative estimate of drug-likeness (QED) is 0.300. The Kier molecular flexibility index (Phi) is 21.7. The average molecular weight is 631 g/mol. The highest BCUT2D eigenvalue weighted by atomic mass is 32.2. The Morgan fingerprint density at radius 2 is 1.80 bits per heavy atom. The molecule has 0 aromatic carbocycles. The highest BCUT2D eigenvalue weighted by Crippen LogP contribution is 2.23. The summed E-state index contributed by atoms with van der Waals surface area (Å²) in [5.41, 5.74) is 1.55. The van der Waals surface area contributed by atoms with Crippen molar-refractivity contribution in [3.8, 4) is 25.2 Å². The van der Waals surface area contributed by atoms with Crippen molar-refractivity contribution in [1.82, 2.24) is 14.9 Å². The molecule has 2 rings (SSSR count). The minimum absolute atomic E-state index is 0.102. The molecule has 244 valence electrons. The number of allylic oxidation sites excluding steroid dienone is 2. The average Bonchev–Trinajstić information content (AvgIpc) is 3.13. The molecule has 2 heterocycles. The minimum atomic E-state index is -3.50. The Morgan fingerprint density at radius 1 is 1.18 bits per heavy atom. The summed E-state index contributed by atoms with van der Waals surface area (Å²) in [7, 11) is -3.50. The molecule has 0 bridgehead atoms. The molecule has 44 heavy (non-hydrogen) atoms. The second kappa shape index (κ2) is 22.6. The Morgan fingerprint density at radius 3 is 2.30 bits per heavy atom. The van der Waals surface area contributed by atoms with Crippen molar-refractivity contribution in [3.05, 3.63) is 41.0 Å². The maximum Gasteiger partial charge on any atom is 0.287 e. The summed E-state index contributed by atoms with van der Waals surface area (Å²) in [6.45, 7) is 15.2. The van der Waals surface area contributed by atoms with Crippen LogP contribution >= 0.6 is 0 Å². The normalized spacial score (nSPS) is 16.1. The number of rotatable bonds is 9. The number of carbonyl (C=O) groups is 3. The first-order valence-corrected chi connectivity index (χ1v) is 16.4. The summed E-state index contributed by atoms with van der Waals surface area (Å²) in [4.78, 5) is 42.3. The number of nitrogens with one attached hydrogen (secondary N) is 2. The third-order valence-electron chi connectivity index (χ3n) is 6.15. The molecule has 10 nitrogen and oxygen atoms in total. The number of nitrogens with zero attached hydrogens (tertiary/aromatic N) is 2. The van der Waals surface area contributed by atoms with Crippen molar-refractivity contribution in [2.24, 2.45) is 10.9 Å². The molecule has 0 saturated carbocycles. The number of hydrogen-bond donors (Lipinski definition) is 2. The van der Waals surface area contributed by atoms with Gasteiger partial charge in [0, 0.05) is 30.6 Å². The molecule has 0 spiro atoms. The van der Waals surface area contributed by atoms with E-state index in [0.29, 0.717) is 30.6 Å². The molecule has 1 aromatic rings. The zero-order valence-electron chi connectivity index (χ0n) is 27.6. The number of furan rings is 1. The maximum absolute atomic E-state index is 13.1. The van der Waals surface area contributed by atoms with Crippen LogP contribution in [0, 0.1) is 45.0 Å². The van der Waals surface area contributed by atoms with Crippen LogP contribution in [-0.2, 0) is 19.6 Å². The molecular weight excluding hydrogens is 580 g/mol. The number of amides is 2. The van der Waals surface area contributed by atoms with Crippen LogP contribution in [0.15, 0.2) is 27.8 Å². The third-order valence-corrected chi connectivity index (χ3v) is 7.40. The predicted octanol–water partition coefficient (Wildman–Crippen LogP) is 4.68. The molecule has 2 atom stereocenters. The van der Waals surface area contributed by atoms with Gasteiger partial charge in [0.25, 0.3) is 5.91 Å². The molecule has 1 aliphatic heterocycles. The summed E-state index contributed by atoms with van der Waals surface area (Å²) >= 11 is 0. The number of hydrogen-bond acceptors (Lipinski definition) is 7. The van der Waals surface area contributed by atoms with E-state index in [2.05, 4.69) is 34.4 Å². The summed E-state index contributed by atoms with van der Waals surface area (Å²) in [6.07, 6.45) is 23.4. The molecule has 0 radical (unpaired) electrons. The lowest BCUT2D eigenvalue weighted by molar-refractivity contribution is -0.129. The van der Waals surface area contributed by atoms with Gasteiger partial charge in [0.2, 0.25) is 15.9 Å². The minimum Gasteiger partial charge on any atom is -0.451 e. The first-order chi connectivity index (χ1) is 20.8. The zero-order valence-corrected chi connectivity index (χ0v) is 28.5. The van der Waals surface area contributed by atoms with Gasteiger partial charge in [-0.3, -0.25) is 19.4 Å². The topological polar surface area (TPSA) is 138 Å². The fourth-order valence-corrected chi connectivity index (χ4v) is 4.77. The van der Waals surface area contributed by atoms with Crippen molar-refractivity contribution < 1.29 is 27.2 Å². The fourth-order valence-electron chi connectivity index (χ4n) is 3.95. The standard InChI is InChI=1S/C23H35N3O6S.C6H7N.C2H6.C2H2/c1-7-9-20-15(4)16(5)21(32-20)23(29)25-18(12-14(2)3)22(28)24-17-10-8-11-26(13-19(17)27)33(6,30)31;1-3-5-6-7-4-2;2*1-2/h7,9,14,17-18H,8,10-13H2,1-6H3,(H,24,28)(H,25,29);1,4-6H,2H3;1-2H3;1-2H/b9-7-;6-5-,7-4?;;. The van der Waals surface area contributed by atoms with Gasteiger partial charge in [-0.1, -0.05) is 39.7 Å². The van der Waals surface area contributed by atoms with Crippen LogP contribution in [0.25, 0.3) is 6.08 Å². The van der Waals surface area contributed by atoms with E-state index in [1.807, 2.05) is 54.5 Å². The molecule has 2 amide bonds. The first-order valence-electron chi connectivity index (χ1n) is 14.5. The Balaban J connectivity index is 0. The first kappa shape index (κ1) is 42.2. The second-order valence-electron chi connectivity index (χ2n) is 9.86. The van der Waals surface area contributed by atoms with Gasteiger partial charge >= 0.3 is 0 Å². The molecular formula is C33H50N4O6S. The maximum atomic E-state index is 13.1. The second-order valence-corrected chi connectivity index (χ2v) is 11.8. The molecule has 1 aromatic heterocycles. The summed E-state index contributed by atoms with van der Waals surface area (Å²) < 4.78 is 30.5. The van der Waals surface area contributed by atoms with Crippen LogP contribution in [0.2, 0.25) is 0 Å². The molecule has 0 aliphatic carbocycles. The zero-order chi connectivity index (χ0) is 34.5. The third kappa shape index (κ3) is 15.0. The summed E-state index contributed by atoms with van der Waals surface area (Å²) in [6, 6.07) is -1.67. The summed E-state index contributed by atoms with van der Waals surface area (Å²) in [5, 5.41) is 5.48. The largest absolute Gasteiger partial charge is 0.451 e. The smallest absolute Gasteiger partial charge is 0.287 e. The molecule has 11 heteroatoms. The van der Waals surface area contributed by atoms with E-state index < -0.39 is 33.9 Å². The van der Waals surface area contributed by atoms with Crippen LogP contribution in [-0.4, -0.2) is 68.0 Å². The van der Waals surface area contributed by atoms with E-state index in [1.54, 1.807) is 31.5 Å². The number of ketones is 1. The Hall–Kier alpha value is -3.93. The van der Waals surface area contributed by atoms with Gasteiger partial charge in [-0.2, -0.15) is 4.31 Å². The number of terminal acetylenes is 2. The van der Waals surface area contributed by atoms with Gasteiger partial charge in [-0.05, 0) is 64.5 Å². The molecule has 2 unspecified atom stereocenters. The van der Waals surface area contributed by atoms with E-state index in [9.17, 15) is 22.8 Å². The lowest BCUT2D eigenvalue weighted by Crippen LogP contribution is -2.52. The van der Waals surface area contributed by atoms with Gasteiger partial charge < -0.3 is 15.1 Å². The van der Waals surface area contributed by atoms with Crippen LogP contribution in [0.5, 0.6) is 0 Å². The van der Waals surface area contributed by atoms with Crippen molar-refractivity contribution in [1.29, 1.82) is 0 Å². The van der Waals surface area contributed by atoms with Crippen LogP contribution < -0.4 is 10.6 Å². The number of aliphatic imine (C=N–C) groups is 1. The molecule has 1 saturated heterocycles. The Labute approximate surface area is 264 Å². The van der Waals surface area contributed by atoms with Crippen molar-refractivity contribution in [2.45, 2.75) is 86.7 Å². The molecule has 1 fully saturated rings. The predicted molar refractivity (Wildman–Crippen MR) is 180 cm³/mol. The van der Waals surface area contributed by atoms with E-state index >= 15 is 0 Å². The highest BCUT2D eigenvalue weighted by Gasteiger charge is 2.33. The van der Waals surface area contributed by atoms with Crippen LogP contribution in [0.1, 0.15) is 88.2 Å². The van der Waals surface area contributed by atoms with Gasteiger partial charge in [-0.15, -0.1) is 19.3 Å². The van der Waals surface area contributed by atoms with Gasteiger partial charge in [0.1, 0.15) is 11.8 Å². The SMILES string of the molecule is C#C.C#C/C=C\N=CC.C/C=C\c1oc(C(=O)NC(CC(C)C)C(=O)NC2CCCN(S(C)(=O)=O)CC2=O)c(C)c1C.CC. The number of carbonyl (C=O) groups excluding carboxylic acids is 3. The lowest BCUT2D eigenvalue weighted by Gasteiger charge is -2.23. The number of sulfonamides is 1. The van der Waals surface area contributed by atoms with Gasteiger partial charge in [0.15, 0.2) is 11.5 Å². The van der Waals surface area contributed by atoms with Crippen LogP contribution in [0.4, 0.5) is 0 Å². The van der Waals surface area contributed by atoms with E-state index in [1.165, 1.54) is 0 Å².